The summed E-state index contributed by atoms with van der Waals surface area (Å²) in [6.45, 7) is 2.66. The molecule has 16 heavy (non-hydrogen) atoms. The van der Waals surface area contributed by atoms with Crippen LogP contribution in [-0.2, 0) is 6.54 Å². The van der Waals surface area contributed by atoms with Crippen LogP contribution in [0.15, 0.2) is 22.9 Å². The normalized spacial score (nSPS) is 10.1. The van der Waals surface area contributed by atoms with Crippen LogP contribution in [0.3, 0.4) is 0 Å². The van der Waals surface area contributed by atoms with Crippen molar-refractivity contribution in [2.24, 2.45) is 5.84 Å². The summed E-state index contributed by atoms with van der Waals surface area (Å²) in [7, 11) is 0. The van der Waals surface area contributed by atoms with E-state index in [0.29, 0.717) is 5.95 Å². The zero-order valence-corrected chi connectivity index (χ0v) is 9.71. The first-order valence-corrected chi connectivity index (χ1v) is 5.79. The quantitative estimate of drug-likeness (QED) is 0.556. The maximum absolute atomic E-state index is 5.28. The summed E-state index contributed by atoms with van der Waals surface area (Å²) in [5.74, 6) is 6.47. The molecule has 0 aliphatic rings. The second-order valence-corrected chi connectivity index (χ2v) is 4.13. The third-order valence-electron chi connectivity index (χ3n) is 2.04. The van der Waals surface area contributed by atoms with Crippen LogP contribution in [0.5, 0.6) is 0 Å². The lowest BCUT2D eigenvalue weighted by atomic mass is 10.3. The molecule has 0 unspecified atom stereocenters. The Kier molecular flexibility index (Phi) is 3.33. The van der Waals surface area contributed by atoms with Gasteiger partial charge in [-0.1, -0.05) is 0 Å². The lowest BCUT2D eigenvalue weighted by Gasteiger charge is -2.07. The van der Waals surface area contributed by atoms with E-state index in [1.807, 2.05) is 13.0 Å². The molecule has 0 saturated carbocycles. The van der Waals surface area contributed by atoms with Crippen molar-refractivity contribution in [3.05, 3.63) is 34.2 Å². The van der Waals surface area contributed by atoms with Crippen molar-refractivity contribution in [1.29, 1.82) is 0 Å². The van der Waals surface area contributed by atoms with Crippen LogP contribution < -0.4 is 16.6 Å². The lowest BCUT2D eigenvalue weighted by molar-refractivity contribution is 1.04. The molecular weight excluding hydrogens is 222 g/mol. The molecule has 0 bridgehead atoms. The number of nitrogens with one attached hydrogen (secondary N) is 2. The maximum Gasteiger partial charge on any atom is 0.239 e. The molecule has 0 aromatic carbocycles. The summed E-state index contributed by atoms with van der Waals surface area (Å²) in [6, 6.07) is 3.96. The van der Waals surface area contributed by atoms with E-state index in [-0.39, 0.29) is 0 Å². The predicted octanol–water partition coefficient (Wildman–Crippen LogP) is 1.74. The molecule has 2 aromatic heterocycles. The fourth-order valence-electron chi connectivity index (χ4n) is 1.31. The molecule has 0 atom stereocenters. The number of hydrazine groups is 1. The summed E-state index contributed by atoms with van der Waals surface area (Å²) in [5, 5.41) is 7.37. The highest BCUT2D eigenvalue weighted by molar-refractivity contribution is 7.07. The van der Waals surface area contributed by atoms with E-state index in [2.05, 4.69) is 37.5 Å². The van der Waals surface area contributed by atoms with Crippen molar-refractivity contribution >= 4 is 23.1 Å². The molecule has 0 amide bonds. The van der Waals surface area contributed by atoms with E-state index >= 15 is 0 Å². The van der Waals surface area contributed by atoms with Gasteiger partial charge in [0.2, 0.25) is 5.95 Å². The Balaban J connectivity index is 2.06. The molecule has 0 spiro atoms. The van der Waals surface area contributed by atoms with Gasteiger partial charge in [-0.2, -0.15) is 16.3 Å². The van der Waals surface area contributed by atoms with Gasteiger partial charge in [-0.25, -0.2) is 10.8 Å². The molecule has 84 valence electrons. The zero-order valence-electron chi connectivity index (χ0n) is 8.90. The Hall–Kier alpha value is -1.66. The maximum atomic E-state index is 5.28. The molecule has 5 nitrogen and oxygen atoms in total. The second kappa shape index (κ2) is 4.91. The van der Waals surface area contributed by atoms with Crippen molar-refractivity contribution < 1.29 is 0 Å². The standard InChI is InChI=1S/C10H13N5S/c1-7-4-9(14-10(13-7)15-11)12-5-8-2-3-16-6-8/h2-4,6H,5,11H2,1H3,(H2,12,13,14,15). The van der Waals surface area contributed by atoms with Gasteiger partial charge in [-0.15, -0.1) is 0 Å². The van der Waals surface area contributed by atoms with Gasteiger partial charge in [0.15, 0.2) is 0 Å². The van der Waals surface area contributed by atoms with Gasteiger partial charge in [0.05, 0.1) is 0 Å². The third kappa shape index (κ3) is 2.68. The minimum absolute atomic E-state index is 0.424. The van der Waals surface area contributed by atoms with Gasteiger partial charge in [0.1, 0.15) is 5.82 Å². The molecule has 0 radical (unpaired) electrons. The average Bonchev–Trinajstić information content (AvgIpc) is 2.78. The van der Waals surface area contributed by atoms with Gasteiger partial charge in [-0.05, 0) is 29.3 Å². The summed E-state index contributed by atoms with van der Waals surface area (Å²) in [6.07, 6.45) is 0. The number of nitrogen functional groups attached to an aromatic ring is 1. The summed E-state index contributed by atoms with van der Waals surface area (Å²) >= 11 is 1.68. The Labute approximate surface area is 97.7 Å². The minimum Gasteiger partial charge on any atom is -0.366 e. The van der Waals surface area contributed by atoms with E-state index < -0.39 is 0 Å². The molecule has 0 saturated heterocycles. The number of aromatic nitrogens is 2. The van der Waals surface area contributed by atoms with E-state index in [0.717, 1.165) is 18.1 Å². The van der Waals surface area contributed by atoms with Gasteiger partial charge in [0.25, 0.3) is 0 Å². The fourth-order valence-corrected chi connectivity index (χ4v) is 1.98. The van der Waals surface area contributed by atoms with Crippen LogP contribution in [-0.4, -0.2) is 9.97 Å². The highest BCUT2D eigenvalue weighted by Gasteiger charge is 2.00. The van der Waals surface area contributed by atoms with Crippen LogP contribution in [0.25, 0.3) is 0 Å². The first-order valence-electron chi connectivity index (χ1n) is 4.85. The van der Waals surface area contributed by atoms with Crippen molar-refractivity contribution in [3.63, 3.8) is 0 Å². The summed E-state index contributed by atoms with van der Waals surface area (Å²) < 4.78 is 0. The van der Waals surface area contributed by atoms with Crippen molar-refractivity contribution in [3.8, 4) is 0 Å². The SMILES string of the molecule is Cc1cc(NCc2ccsc2)nc(NN)n1. The Morgan fingerprint density at radius 1 is 1.44 bits per heavy atom. The van der Waals surface area contributed by atoms with Gasteiger partial charge in [0, 0.05) is 18.3 Å². The van der Waals surface area contributed by atoms with Gasteiger partial charge >= 0.3 is 0 Å². The summed E-state index contributed by atoms with van der Waals surface area (Å²) in [5.41, 5.74) is 4.55. The number of hydrogen-bond acceptors (Lipinski definition) is 6. The van der Waals surface area contributed by atoms with E-state index in [4.69, 9.17) is 5.84 Å². The smallest absolute Gasteiger partial charge is 0.239 e. The third-order valence-corrected chi connectivity index (χ3v) is 2.77. The lowest BCUT2D eigenvalue weighted by Crippen LogP contribution is -2.12. The van der Waals surface area contributed by atoms with Crippen LogP contribution >= 0.6 is 11.3 Å². The topological polar surface area (TPSA) is 75.9 Å². The Morgan fingerprint density at radius 2 is 2.31 bits per heavy atom. The number of nitrogens with zero attached hydrogens (tertiary/aromatic N) is 2. The van der Waals surface area contributed by atoms with Crippen molar-refractivity contribution in [1.82, 2.24) is 9.97 Å². The summed E-state index contributed by atoms with van der Waals surface area (Å²) in [4.78, 5) is 8.31. The number of anilines is 2. The van der Waals surface area contributed by atoms with Crippen molar-refractivity contribution in [2.75, 3.05) is 10.7 Å². The monoisotopic (exact) mass is 235 g/mol. The van der Waals surface area contributed by atoms with Crippen LogP contribution in [0.1, 0.15) is 11.3 Å². The number of rotatable bonds is 4. The number of thiophene rings is 1. The number of nitrogens with two attached hydrogens (primary N) is 1. The average molecular weight is 235 g/mol. The van der Waals surface area contributed by atoms with Gasteiger partial charge < -0.3 is 5.32 Å². The van der Waals surface area contributed by atoms with E-state index in [1.165, 1.54) is 5.56 Å². The Morgan fingerprint density at radius 3 is 3.00 bits per heavy atom. The molecule has 2 aromatic rings. The van der Waals surface area contributed by atoms with Crippen LogP contribution in [0.4, 0.5) is 11.8 Å². The molecule has 2 rings (SSSR count). The predicted molar refractivity (Wildman–Crippen MR) is 66.2 cm³/mol. The number of hydrogen-bond donors (Lipinski definition) is 3. The highest BCUT2D eigenvalue weighted by Crippen LogP contribution is 2.12. The van der Waals surface area contributed by atoms with Crippen molar-refractivity contribution in [2.45, 2.75) is 13.5 Å². The second-order valence-electron chi connectivity index (χ2n) is 3.35. The highest BCUT2D eigenvalue weighted by atomic mass is 32.1. The molecular formula is C10H13N5S. The largest absolute Gasteiger partial charge is 0.366 e. The van der Waals surface area contributed by atoms with E-state index in [9.17, 15) is 0 Å². The molecule has 0 aliphatic heterocycles. The van der Waals surface area contributed by atoms with Crippen LogP contribution in [0, 0.1) is 6.92 Å². The first kappa shape index (κ1) is 10.8. The van der Waals surface area contributed by atoms with Gasteiger partial charge in [-0.3, -0.25) is 5.43 Å². The molecule has 2 heterocycles. The fraction of sp³-hybridized carbons (Fsp3) is 0.200. The molecule has 0 aliphatic carbocycles. The number of aryl methyl sites for hydroxylation is 1. The van der Waals surface area contributed by atoms with E-state index in [1.54, 1.807) is 11.3 Å². The zero-order chi connectivity index (χ0) is 11.4. The van der Waals surface area contributed by atoms with Crippen LogP contribution in [0.2, 0.25) is 0 Å². The molecule has 4 N–H and O–H groups in total. The minimum atomic E-state index is 0.424. The first-order chi connectivity index (χ1) is 7.78. The Bertz CT molecular complexity index is 454. The molecule has 0 fully saturated rings. The molecule has 6 heteroatoms.